The van der Waals surface area contributed by atoms with Gasteiger partial charge in [0.2, 0.25) is 0 Å². The summed E-state index contributed by atoms with van der Waals surface area (Å²) < 4.78 is 5.88. The Hall–Kier alpha value is -0.160. The fourth-order valence-corrected chi connectivity index (χ4v) is 4.21. The molecular formula is C16H31NO3. The van der Waals surface area contributed by atoms with E-state index in [2.05, 4.69) is 25.7 Å². The molecule has 2 N–H and O–H groups in total. The van der Waals surface area contributed by atoms with Crippen LogP contribution in [-0.2, 0) is 4.74 Å². The van der Waals surface area contributed by atoms with Gasteiger partial charge in [-0.3, -0.25) is 4.90 Å². The van der Waals surface area contributed by atoms with E-state index in [0.717, 1.165) is 32.5 Å². The summed E-state index contributed by atoms with van der Waals surface area (Å²) in [4.78, 5) is 2.39. The summed E-state index contributed by atoms with van der Waals surface area (Å²) in [6, 6.07) is 0. The van der Waals surface area contributed by atoms with Crippen LogP contribution in [0.1, 0.15) is 46.5 Å². The van der Waals surface area contributed by atoms with Crippen molar-refractivity contribution in [2.24, 2.45) is 11.3 Å². The fourth-order valence-electron chi connectivity index (χ4n) is 4.21. The van der Waals surface area contributed by atoms with Crippen molar-refractivity contribution >= 4 is 0 Å². The van der Waals surface area contributed by atoms with Crippen LogP contribution in [0.4, 0.5) is 0 Å². The van der Waals surface area contributed by atoms with E-state index in [1.165, 1.54) is 12.8 Å². The van der Waals surface area contributed by atoms with Crippen LogP contribution < -0.4 is 0 Å². The predicted molar refractivity (Wildman–Crippen MR) is 79.6 cm³/mol. The Labute approximate surface area is 123 Å². The second-order valence-corrected chi connectivity index (χ2v) is 7.71. The number of hydrogen-bond acceptors (Lipinski definition) is 4. The van der Waals surface area contributed by atoms with Crippen LogP contribution in [0.3, 0.4) is 0 Å². The second kappa shape index (κ2) is 6.30. The summed E-state index contributed by atoms with van der Waals surface area (Å²) in [6.45, 7) is 9.38. The Morgan fingerprint density at radius 2 is 2.05 bits per heavy atom. The third-order valence-electron chi connectivity index (χ3n) is 4.84. The Balaban J connectivity index is 2.02. The van der Waals surface area contributed by atoms with E-state index >= 15 is 0 Å². The van der Waals surface area contributed by atoms with Gasteiger partial charge in [-0.25, -0.2) is 0 Å². The Kier molecular flexibility index (Phi) is 5.11. The highest BCUT2D eigenvalue weighted by molar-refractivity contribution is 4.92. The van der Waals surface area contributed by atoms with Gasteiger partial charge < -0.3 is 14.9 Å². The van der Waals surface area contributed by atoms with Gasteiger partial charge in [0.05, 0.1) is 18.3 Å². The average Bonchev–Trinajstić information content (AvgIpc) is 2.36. The van der Waals surface area contributed by atoms with Gasteiger partial charge in [0, 0.05) is 31.7 Å². The Bertz CT molecular complexity index is 321. The topological polar surface area (TPSA) is 52.9 Å². The molecule has 2 aliphatic rings. The first kappa shape index (κ1) is 16.2. The third kappa shape index (κ3) is 3.94. The minimum absolute atomic E-state index is 0.0467. The molecule has 0 amide bonds. The summed E-state index contributed by atoms with van der Waals surface area (Å²) in [5.74, 6) is 0.707. The van der Waals surface area contributed by atoms with E-state index in [9.17, 15) is 10.2 Å². The Morgan fingerprint density at radius 3 is 2.65 bits per heavy atom. The normalized spacial score (nSPS) is 38.9. The number of morpholine rings is 1. The number of nitrogens with zero attached hydrogens (tertiary/aromatic N) is 1. The second-order valence-electron chi connectivity index (χ2n) is 7.71. The molecule has 0 radical (unpaired) electrons. The minimum atomic E-state index is -0.220. The van der Waals surface area contributed by atoms with Crippen molar-refractivity contribution in [3.05, 3.63) is 0 Å². The molecule has 0 aromatic heterocycles. The smallest absolute Gasteiger partial charge is 0.0940 e. The highest BCUT2D eigenvalue weighted by Gasteiger charge is 2.40. The number of hydrogen-bond donors (Lipinski definition) is 2. The molecular weight excluding hydrogens is 254 g/mol. The lowest BCUT2D eigenvalue weighted by molar-refractivity contribution is -0.157. The van der Waals surface area contributed by atoms with Crippen molar-refractivity contribution in [1.82, 2.24) is 4.90 Å². The molecule has 20 heavy (non-hydrogen) atoms. The largest absolute Gasteiger partial charge is 0.396 e. The lowest BCUT2D eigenvalue weighted by atomic mass is 9.70. The van der Waals surface area contributed by atoms with Crippen LogP contribution in [0.15, 0.2) is 0 Å². The number of rotatable bonds is 4. The van der Waals surface area contributed by atoms with Gasteiger partial charge in [0.1, 0.15) is 0 Å². The summed E-state index contributed by atoms with van der Waals surface area (Å²) in [5, 5.41) is 19.3. The number of ether oxygens (including phenoxy) is 1. The average molecular weight is 285 g/mol. The van der Waals surface area contributed by atoms with Crippen molar-refractivity contribution in [1.29, 1.82) is 0 Å². The van der Waals surface area contributed by atoms with Crippen LogP contribution in [0.5, 0.6) is 0 Å². The van der Waals surface area contributed by atoms with E-state index in [4.69, 9.17) is 4.74 Å². The van der Waals surface area contributed by atoms with Gasteiger partial charge in [0.15, 0.2) is 0 Å². The van der Waals surface area contributed by atoms with Crippen molar-refractivity contribution in [2.75, 3.05) is 32.8 Å². The van der Waals surface area contributed by atoms with Crippen LogP contribution in [0.2, 0.25) is 0 Å². The van der Waals surface area contributed by atoms with E-state index in [-0.39, 0.29) is 30.3 Å². The molecule has 1 aliphatic carbocycles. The lowest BCUT2D eigenvalue weighted by Gasteiger charge is -2.47. The van der Waals surface area contributed by atoms with Crippen LogP contribution in [0, 0.1) is 11.3 Å². The van der Waals surface area contributed by atoms with Gasteiger partial charge in [-0.1, -0.05) is 19.8 Å². The van der Waals surface area contributed by atoms with Crippen molar-refractivity contribution in [3.63, 3.8) is 0 Å². The van der Waals surface area contributed by atoms with Crippen LogP contribution in [-0.4, -0.2) is 59.7 Å². The molecule has 0 spiro atoms. The zero-order chi connectivity index (χ0) is 14.8. The van der Waals surface area contributed by atoms with Crippen LogP contribution >= 0.6 is 0 Å². The first-order chi connectivity index (χ1) is 9.38. The number of aliphatic hydroxyl groups excluding tert-OH is 2. The minimum Gasteiger partial charge on any atom is -0.396 e. The van der Waals surface area contributed by atoms with Gasteiger partial charge in [-0.05, 0) is 32.6 Å². The van der Waals surface area contributed by atoms with Crippen molar-refractivity contribution in [2.45, 2.75) is 58.2 Å². The molecule has 2 fully saturated rings. The fraction of sp³-hybridized carbons (Fsp3) is 1.00. The molecule has 3 atom stereocenters. The van der Waals surface area contributed by atoms with E-state index < -0.39 is 0 Å². The molecule has 0 aromatic rings. The Morgan fingerprint density at radius 1 is 1.30 bits per heavy atom. The molecule has 0 aromatic carbocycles. The van der Waals surface area contributed by atoms with Gasteiger partial charge in [-0.15, -0.1) is 0 Å². The molecule has 1 heterocycles. The molecule has 1 saturated heterocycles. The quantitative estimate of drug-likeness (QED) is 0.824. The molecule has 118 valence electrons. The van der Waals surface area contributed by atoms with Crippen LogP contribution in [0.25, 0.3) is 0 Å². The first-order valence-corrected chi connectivity index (χ1v) is 8.00. The standard InChI is InChI=1S/C16H31NO3/c1-13-5-4-6-16(7-13,12-19)11-17-8-14(9-18)20-15(2,3)10-17/h13-14,18-19H,4-12H2,1-3H3. The maximum atomic E-state index is 9.94. The summed E-state index contributed by atoms with van der Waals surface area (Å²) in [5.41, 5.74) is -0.173. The summed E-state index contributed by atoms with van der Waals surface area (Å²) in [6.07, 6.45) is 4.64. The van der Waals surface area contributed by atoms with Gasteiger partial charge in [0.25, 0.3) is 0 Å². The van der Waals surface area contributed by atoms with E-state index in [1.807, 2.05) is 0 Å². The molecule has 2 rings (SSSR count). The summed E-state index contributed by atoms with van der Waals surface area (Å²) >= 11 is 0. The molecule has 4 nitrogen and oxygen atoms in total. The highest BCUT2D eigenvalue weighted by atomic mass is 16.5. The monoisotopic (exact) mass is 285 g/mol. The third-order valence-corrected chi connectivity index (χ3v) is 4.84. The molecule has 3 unspecified atom stereocenters. The van der Waals surface area contributed by atoms with Crippen molar-refractivity contribution in [3.8, 4) is 0 Å². The molecule has 4 heteroatoms. The summed E-state index contributed by atoms with van der Waals surface area (Å²) in [7, 11) is 0. The SMILES string of the molecule is CC1CCCC(CO)(CN2CC(CO)OC(C)(C)C2)C1. The highest BCUT2D eigenvalue weighted by Crippen LogP contribution is 2.40. The van der Waals surface area contributed by atoms with Crippen molar-refractivity contribution < 1.29 is 14.9 Å². The zero-order valence-corrected chi connectivity index (χ0v) is 13.3. The molecule has 1 saturated carbocycles. The molecule has 1 aliphatic heterocycles. The van der Waals surface area contributed by atoms with Gasteiger partial charge in [-0.2, -0.15) is 0 Å². The van der Waals surface area contributed by atoms with Gasteiger partial charge >= 0.3 is 0 Å². The lowest BCUT2D eigenvalue weighted by Crippen LogP contribution is -2.57. The maximum Gasteiger partial charge on any atom is 0.0940 e. The molecule has 0 bridgehead atoms. The van der Waals surface area contributed by atoms with E-state index in [0.29, 0.717) is 5.92 Å². The number of aliphatic hydroxyl groups is 2. The maximum absolute atomic E-state index is 9.94. The predicted octanol–water partition coefficient (Wildman–Crippen LogP) is 1.65. The zero-order valence-electron chi connectivity index (χ0n) is 13.3. The van der Waals surface area contributed by atoms with E-state index in [1.54, 1.807) is 0 Å². The first-order valence-electron chi connectivity index (χ1n) is 8.00.